The van der Waals surface area contributed by atoms with Crippen LogP contribution in [-0.2, 0) is 9.47 Å². The molecule has 1 heterocycles. The maximum atomic E-state index is 5.60. The zero-order valence-corrected chi connectivity index (χ0v) is 13.5. The molecule has 0 N–H and O–H groups in total. The van der Waals surface area contributed by atoms with Gasteiger partial charge in [-0.2, -0.15) is 0 Å². The number of ether oxygens (including phenoxy) is 2. The lowest BCUT2D eigenvalue weighted by atomic mass is 10.7. The zero-order chi connectivity index (χ0) is 12.2. The van der Waals surface area contributed by atoms with Crippen molar-refractivity contribution in [1.29, 1.82) is 0 Å². The van der Waals surface area contributed by atoms with Gasteiger partial charge in [0.05, 0.1) is 19.8 Å². The van der Waals surface area contributed by atoms with Crippen LogP contribution in [0.2, 0.25) is 38.3 Å². The van der Waals surface area contributed by atoms with E-state index in [2.05, 4.69) is 30.4 Å². The smallest absolute Gasteiger partial charge is 0.115 e. The third-order valence-corrected chi connectivity index (χ3v) is 14.2. The molecule has 1 aliphatic rings. The molecule has 96 valence electrons. The van der Waals surface area contributed by atoms with Gasteiger partial charge in [-0.15, -0.1) is 0 Å². The van der Waals surface area contributed by atoms with Crippen molar-refractivity contribution in [2.24, 2.45) is 0 Å². The Bertz CT molecular complexity index is 206. The molecule has 0 saturated carbocycles. The van der Waals surface area contributed by atoms with Crippen LogP contribution in [0.25, 0.3) is 0 Å². The van der Waals surface area contributed by atoms with Gasteiger partial charge in [0, 0.05) is 13.7 Å². The van der Waals surface area contributed by atoms with Gasteiger partial charge in [-0.3, -0.25) is 0 Å². The molecule has 3 nitrogen and oxygen atoms in total. The van der Waals surface area contributed by atoms with E-state index in [4.69, 9.17) is 9.47 Å². The minimum atomic E-state index is -1.09. The van der Waals surface area contributed by atoms with Crippen LogP contribution in [0, 0.1) is 0 Å². The van der Waals surface area contributed by atoms with Gasteiger partial charge in [0.1, 0.15) is 16.5 Å². The first kappa shape index (κ1) is 14.4. The zero-order valence-electron chi connectivity index (χ0n) is 11.5. The Labute approximate surface area is 102 Å². The second-order valence-corrected chi connectivity index (χ2v) is 15.7. The molecule has 0 radical (unpaired) electrons. The first-order valence-electron chi connectivity index (χ1n) is 6.24. The molecule has 1 saturated heterocycles. The van der Waals surface area contributed by atoms with Crippen molar-refractivity contribution >= 4 is 16.5 Å². The van der Waals surface area contributed by atoms with Crippen LogP contribution in [-0.4, -0.2) is 54.2 Å². The average molecular weight is 262 g/mol. The van der Waals surface area contributed by atoms with Crippen LogP contribution in [0.15, 0.2) is 0 Å². The van der Waals surface area contributed by atoms with E-state index in [1.54, 1.807) is 7.11 Å². The normalized spacial score (nSPS) is 23.8. The van der Waals surface area contributed by atoms with E-state index < -0.39 is 16.5 Å². The molecule has 0 aromatic carbocycles. The van der Waals surface area contributed by atoms with Gasteiger partial charge in [-0.25, -0.2) is 0 Å². The lowest BCUT2D eigenvalue weighted by Crippen LogP contribution is -2.55. The molecule has 0 unspecified atom stereocenters. The van der Waals surface area contributed by atoms with Gasteiger partial charge in [0.2, 0.25) is 0 Å². The van der Waals surface area contributed by atoms with Crippen molar-refractivity contribution in [2.45, 2.75) is 38.3 Å². The lowest BCUT2D eigenvalue weighted by Gasteiger charge is -2.38. The van der Waals surface area contributed by atoms with E-state index in [0.717, 1.165) is 19.8 Å². The molecule has 1 fully saturated rings. The number of hydrogen-bond donors (Lipinski definition) is 0. The average Bonchev–Trinajstić information content (AvgIpc) is 2.39. The summed E-state index contributed by atoms with van der Waals surface area (Å²) in [5, 5.41) is 0. The summed E-state index contributed by atoms with van der Waals surface area (Å²) in [6.45, 7) is 13.5. The standard InChI is InChI=1S/C11H27NO2Si2/c1-13-8-9-14-7-6-12-15(2,3)10-11-16(12,4)5/h6-11H2,1-5H3. The number of rotatable bonds is 6. The first-order valence-corrected chi connectivity index (χ1v) is 12.6. The Balaban J connectivity index is 2.33. The fraction of sp³-hybridized carbons (Fsp3) is 1.00. The highest BCUT2D eigenvalue weighted by atomic mass is 28.4. The van der Waals surface area contributed by atoms with Crippen molar-refractivity contribution in [3.05, 3.63) is 0 Å². The minimum Gasteiger partial charge on any atom is -0.382 e. The fourth-order valence-corrected chi connectivity index (χ4v) is 16.8. The molecule has 5 heteroatoms. The summed E-state index contributed by atoms with van der Waals surface area (Å²) < 4.78 is 13.4. The van der Waals surface area contributed by atoms with Crippen LogP contribution in [0.3, 0.4) is 0 Å². The maximum Gasteiger partial charge on any atom is 0.115 e. The SMILES string of the molecule is COCCOCCN1[Si](C)(C)CC[Si]1(C)C. The summed E-state index contributed by atoms with van der Waals surface area (Å²) in [6, 6.07) is 2.95. The summed E-state index contributed by atoms with van der Waals surface area (Å²) in [5.41, 5.74) is 0. The van der Waals surface area contributed by atoms with Crippen molar-refractivity contribution in [3.63, 3.8) is 0 Å². The molecule has 0 bridgehead atoms. The third-order valence-electron chi connectivity index (χ3n) is 3.70. The summed E-state index contributed by atoms with van der Waals surface area (Å²) in [7, 11) is -0.461. The minimum absolute atomic E-state index is 0.710. The molecule has 0 spiro atoms. The molecular weight excluding hydrogens is 234 g/mol. The predicted octanol–water partition coefficient (Wildman–Crippen LogP) is 2.38. The molecule has 1 aliphatic heterocycles. The fourth-order valence-electron chi connectivity index (χ4n) is 2.71. The lowest BCUT2D eigenvalue weighted by molar-refractivity contribution is 0.0692. The summed E-state index contributed by atoms with van der Waals surface area (Å²) >= 11 is 0. The van der Waals surface area contributed by atoms with E-state index in [1.165, 1.54) is 12.1 Å². The van der Waals surface area contributed by atoms with Gasteiger partial charge < -0.3 is 13.7 Å². The van der Waals surface area contributed by atoms with E-state index in [9.17, 15) is 0 Å². The van der Waals surface area contributed by atoms with Crippen molar-refractivity contribution in [2.75, 3.05) is 33.5 Å². The number of hydrogen-bond acceptors (Lipinski definition) is 3. The number of nitrogens with zero attached hydrogens (tertiary/aromatic N) is 1. The van der Waals surface area contributed by atoms with E-state index in [1.807, 2.05) is 0 Å². The van der Waals surface area contributed by atoms with Gasteiger partial charge >= 0.3 is 0 Å². The second-order valence-electron chi connectivity index (χ2n) is 5.88. The third kappa shape index (κ3) is 3.66. The summed E-state index contributed by atoms with van der Waals surface area (Å²) in [6.07, 6.45) is 0. The second kappa shape index (κ2) is 5.77. The van der Waals surface area contributed by atoms with Crippen LogP contribution in [0.5, 0.6) is 0 Å². The summed E-state index contributed by atoms with van der Waals surface area (Å²) in [4.78, 5) is 0. The summed E-state index contributed by atoms with van der Waals surface area (Å²) in [5.74, 6) is 0. The van der Waals surface area contributed by atoms with Gasteiger partial charge in [0.25, 0.3) is 0 Å². The Kier molecular flexibility index (Phi) is 5.19. The molecule has 0 aromatic rings. The molecule has 1 rings (SSSR count). The van der Waals surface area contributed by atoms with Crippen LogP contribution >= 0.6 is 0 Å². The molecule has 16 heavy (non-hydrogen) atoms. The highest BCUT2D eigenvalue weighted by molar-refractivity contribution is 6.95. The van der Waals surface area contributed by atoms with Crippen LogP contribution in [0.1, 0.15) is 0 Å². The maximum absolute atomic E-state index is 5.60. The Morgan fingerprint density at radius 2 is 1.50 bits per heavy atom. The van der Waals surface area contributed by atoms with E-state index >= 15 is 0 Å². The quantitative estimate of drug-likeness (QED) is 0.541. The Morgan fingerprint density at radius 3 is 2.00 bits per heavy atom. The highest BCUT2D eigenvalue weighted by Gasteiger charge is 2.46. The van der Waals surface area contributed by atoms with Crippen LogP contribution in [0.4, 0.5) is 0 Å². The van der Waals surface area contributed by atoms with Crippen molar-refractivity contribution < 1.29 is 9.47 Å². The molecular formula is C11H27NO2Si2. The largest absolute Gasteiger partial charge is 0.382 e. The first-order chi connectivity index (χ1) is 7.40. The highest BCUT2D eigenvalue weighted by Crippen LogP contribution is 2.36. The molecule has 0 atom stereocenters. The molecule has 0 amide bonds. The van der Waals surface area contributed by atoms with E-state index in [-0.39, 0.29) is 0 Å². The predicted molar refractivity (Wildman–Crippen MR) is 74.0 cm³/mol. The van der Waals surface area contributed by atoms with Crippen LogP contribution < -0.4 is 0 Å². The van der Waals surface area contributed by atoms with E-state index in [0.29, 0.717) is 6.61 Å². The number of methoxy groups -OCH3 is 1. The van der Waals surface area contributed by atoms with Gasteiger partial charge in [-0.05, 0) is 12.1 Å². The van der Waals surface area contributed by atoms with Crippen molar-refractivity contribution in [3.8, 4) is 0 Å². The van der Waals surface area contributed by atoms with Crippen molar-refractivity contribution in [1.82, 2.24) is 4.23 Å². The molecule has 0 aromatic heterocycles. The topological polar surface area (TPSA) is 21.7 Å². The Morgan fingerprint density at radius 1 is 0.938 bits per heavy atom. The molecule has 0 aliphatic carbocycles. The van der Waals surface area contributed by atoms with Gasteiger partial charge in [0.15, 0.2) is 0 Å². The van der Waals surface area contributed by atoms with Gasteiger partial charge in [-0.1, -0.05) is 26.2 Å². The Hall–Kier alpha value is 0.314. The monoisotopic (exact) mass is 261 g/mol.